The topological polar surface area (TPSA) is 62.2 Å². The van der Waals surface area contributed by atoms with E-state index in [1.54, 1.807) is 30.6 Å². The van der Waals surface area contributed by atoms with Crippen molar-refractivity contribution in [3.63, 3.8) is 0 Å². The Morgan fingerprint density at radius 2 is 1.83 bits per heavy atom. The van der Waals surface area contributed by atoms with Gasteiger partial charge in [-0.1, -0.05) is 12.1 Å². The minimum Gasteiger partial charge on any atom is -0.478 e. The maximum absolute atomic E-state index is 10.8. The molecule has 0 fully saturated rings. The Morgan fingerprint density at radius 3 is 2.56 bits per heavy atom. The highest BCUT2D eigenvalue weighted by Gasteiger charge is 2.02. The molecule has 0 bridgehead atoms. The molecule has 2 rings (SSSR count). The molecule has 0 atom stereocenters. The number of carbonyl (C=O) groups is 1. The van der Waals surface area contributed by atoms with Crippen LogP contribution in [0, 0.1) is 0 Å². The van der Waals surface area contributed by atoms with Crippen LogP contribution in [0.1, 0.15) is 21.5 Å². The lowest BCUT2D eigenvalue weighted by Crippen LogP contribution is -2.13. The monoisotopic (exact) mass is 242 g/mol. The molecule has 4 heteroatoms. The van der Waals surface area contributed by atoms with Crippen LogP contribution >= 0.6 is 0 Å². The van der Waals surface area contributed by atoms with Crippen molar-refractivity contribution in [1.29, 1.82) is 0 Å². The maximum Gasteiger partial charge on any atom is 0.335 e. The number of rotatable bonds is 5. The van der Waals surface area contributed by atoms with Gasteiger partial charge in [-0.3, -0.25) is 4.98 Å². The highest BCUT2D eigenvalue weighted by atomic mass is 16.4. The average molecular weight is 242 g/mol. The molecular weight excluding hydrogens is 228 g/mol. The summed E-state index contributed by atoms with van der Waals surface area (Å²) in [5.41, 5.74) is 2.43. The zero-order valence-electron chi connectivity index (χ0n) is 9.84. The predicted octanol–water partition coefficient (Wildman–Crippen LogP) is 2.07. The number of aromatic carboxylic acids is 1. The SMILES string of the molecule is O=C(O)c1cccc(CNCc2ccncc2)c1. The van der Waals surface area contributed by atoms with Gasteiger partial charge in [-0.2, -0.15) is 0 Å². The molecule has 0 spiro atoms. The minimum atomic E-state index is -0.897. The van der Waals surface area contributed by atoms with Crippen molar-refractivity contribution in [3.8, 4) is 0 Å². The molecule has 4 nitrogen and oxygen atoms in total. The second kappa shape index (κ2) is 5.93. The fraction of sp³-hybridized carbons (Fsp3) is 0.143. The van der Waals surface area contributed by atoms with E-state index in [2.05, 4.69) is 10.3 Å². The lowest BCUT2D eigenvalue weighted by molar-refractivity contribution is 0.0696. The summed E-state index contributed by atoms with van der Waals surface area (Å²) in [5, 5.41) is 12.1. The fourth-order valence-corrected chi connectivity index (χ4v) is 1.67. The number of hydrogen-bond acceptors (Lipinski definition) is 3. The van der Waals surface area contributed by atoms with E-state index in [-0.39, 0.29) is 0 Å². The molecule has 0 saturated carbocycles. The number of carboxylic acids is 1. The second-order valence-corrected chi connectivity index (χ2v) is 3.96. The molecule has 1 aromatic heterocycles. The number of nitrogens with zero attached hydrogens (tertiary/aromatic N) is 1. The Bertz CT molecular complexity index is 526. The zero-order valence-corrected chi connectivity index (χ0v) is 9.84. The van der Waals surface area contributed by atoms with Crippen molar-refractivity contribution >= 4 is 5.97 Å². The van der Waals surface area contributed by atoms with E-state index in [4.69, 9.17) is 5.11 Å². The lowest BCUT2D eigenvalue weighted by Gasteiger charge is -2.05. The van der Waals surface area contributed by atoms with Gasteiger partial charge in [-0.15, -0.1) is 0 Å². The summed E-state index contributed by atoms with van der Waals surface area (Å²) in [7, 11) is 0. The Kier molecular flexibility index (Phi) is 4.04. The largest absolute Gasteiger partial charge is 0.478 e. The van der Waals surface area contributed by atoms with Crippen molar-refractivity contribution in [3.05, 3.63) is 65.5 Å². The molecule has 2 N–H and O–H groups in total. The number of hydrogen-bond donors (Lipinski definition) is 2. The minimum absolute atomic E-state index is 0.318. The van der Waals surface area contributed by atoms with Gasteiger partial charge < -0.3 is 10.4 Å². The summed E-state index contributed by atoms with van der Waals surface area (Å²) in [6, 6.07) is 10.8. The second-order valence-electron chi connectivity index (χ2n) is 3.96. The Labute approximate surface area is 105 Å². The molecule has 2 aromatic rings. The number of benzene rings is 1. The quantitative estimate of drug-likeness (QED) is 0.842. The number of aromatic nitrogens is 1. The van der Waals surface area contributed by atoms with Crippen LogP contribution in [0.3, 0.4) is 0 Å². The zero-order chi connectivity index (χ0) is 12.8. The summed E-state index contributed by atoms with van der Waals surface area (Å²) >= 11 is 0. The van der Waals surface area contributed by atoms with Crippen molar-refractivity contribution in [2.75, 3.05) is 0 Å². The van der Waals surface area contributed by atoms with Gasteiger partial charge in [0.1, 0.15) is 0 Å². The van der Waals surface area contributed by atoms with Crippen LogP contribution in [0.4, 0.5) is 0 Å². The van der Waals surface area contributed by atoms with Gasteiger partial charge in [0.05, 0.1) is 5.56 Å². The van der Waals surface area contributed by atoms with Crippen LogP contribution in [0.25, 0.3) is 0 Å². The van der Waals surface area contributed by atoms with E-state index >= 15 is 0 Å². The van der Waals surface area contributed by atoms with Crippen LogP contribution in [0.15, 0.2) is 48.8 Å². The lowest BCUT2D eigenvalue weighted by atomic mass is 10.1. The first-order valence-electron chi connectivity index (χ1n) is 5.67. The van der Waals surface area contributed by atoms with E-state index in [0.29, 0.717) is 12.1 Å². The van der Waals surface area contributed by atoms with Crippen LogP contribution in [0.2, 0.25) is 0 Å². The first kappa shape index (κ1) is 12.3. The first-order valence-corrected chi connectivity index (χ1v) is 5.67. The van der Waals surface area contributed by atoms with Gasteiger partial charge in [0.25, 0.3) is 0 Å². The van der Waals surface area contributed by atoms with Crippen molar-refractivity contribution in [1.82, 2.24) is 10.3 Å². The first-order chi connectivity index (χ1) is 8.75. The molecule has 0 aliphatic rings. The van der Waals surface area contributed by atoms with Crippen LogP contribution in [-0.2, 0) is 13.1 Å². The summed E-state index contributed by atoms with van der Waals surface area (Å²) < 4.78 is 0. The fourth-order valence-electron chi connectivity index (χ4n) is 1.67. The number of pyridine rings is 1. The highest BCUT2D eigenvalue weighted by Crippen LogP contribution is 2.05. The third-order valence-corrected chi connectivity index (χ3v) is 2.58. The normalized spacial score (nSPS) is 10.2. The molecule has 0 aliphatic heterocycles. The van der Waals surface area contributed by atoms with Crippen molar-refractivity contribution in [2.45, 2.75) is 13.1 Å². The Balaban J connectivity index is 1.90. The maximum atomic E-state index is 10.8. The van der Waals surface area contributed by atoms with E-state index in [1.807, 2.05) is 18.2 Å². The molecule has 0 saturated heterocycles. The molecule has 0 radical (unpaired) electrons. The summed E-state index contributed by atoms with van der Waals surface area (Å²) in [6.07, 6.45) is 3.50. The van der Waals surface area contributed by atoms with Crippen molar-refractivity contribution < 1.29 is 9.90 Å². The van der Waals surface area contributed by atoms with Crippen molar-refractivity contribution in [2.24, 2.45) is 0 Å². The smallest absolute Gasteiger partial charge is 0.335 e. The van der Waals surface area contributed by atoms with Gasteiger partial charge in [0.2, 0.25) is 0 Å². The van der Waals surface area contributed by atoms with Gasteiger partial charge in [0.15, 0.2) is 0 Å². The van der Waals surface area contributed by atoms with Crippen LogP contribution in [0.5, 0.6) is 0 Å². The Hall–Kier alpha value is -2.20. The number of nitrogens with one attached hydrogen (secondary N) is 1. The molecule has 18 heavy (non-hydrogen) atoms. The van der Waals surface area contributed by atoms with Gasteiger partial charge in [-0.25, -0.2) is 4.79 Å². The standard InChI is InChI=1S/C14H14N2O2/c17-14(18)13-3-1-2-12(8-13)10-16-9-11-4-6-15-7-5-11/h1-8,16H,9-10H2,(H,17,18). The third-order valence-electron chi connectivity index (χ3n) is 2.58. The molecule has 1 aromatic carbocycles. The third kappa shape index (κ3) is 3.40. The van der Waals surface area contributed by atoms with Crippen LogP contribution < -0.4 is 5.32 Å². The molecule has 1 heterocycles. The molecule has 0 unspecified atom stereocenters. The van der Waals surface area contributed by atoms with E-state index in [0.717, 1.165) is 17.7 Å². The Morgan fingerprint density at radius 1 is 1.11 bits per heavy atom. The van der Waals surface area contributed by atoms with E-state index in [9.17, 15) is 4.79 Å². The van der Waals surface area contributed by atoms with E-state index < -0.39 is 5.97 Å². The summed E-state index contributed by atoms with van der Waals surface area (Å²) in [4.78, 5) is 14.8. The number of carboxylic acid groups (broad SMARTS) is 1. The summed E-state index contributed by atoms with van der Waals surface area (Å²) in [5.74, 6) is -0.897. The predicted molar refractivity (Wildman–Crippen MR) is 68.2 cm³/mol. The molecule has 92 valence electrons. The van der Waals surface area contributed by atoms with Gasteiger partial charge in [0, 0.05) is 25.5 Å². The van der Waals surface area contributed by atoms with Gasteiger partial charge in [-0.05, 0) is 35.4 Å². The van der Waals surface area contributed by atoms with Gasteiger partial charge >= 0.3 is 5.97 Å². The van der Waals surface area contributed by atoms with Crippen LogP contribution in [-0.4, -0.2) is 16.1 Å². The molecular formula is C14H14N2O2. The molecule has 0 aliphatic carbocycles. The summed E-state index contributed by atoms with van der Waals surface area (Å²) in [6.45, 7) is 1.38. The highest BCUT2D eigenvalue weighted by molar-refractivity contribution is 5.87. The average Bonchev–Trinajstić information content (AvgIpc) is 2.40. The molecule has 0 amide bonds. The van der Waals surface area contributed by atoms with E-state index in [1.165, 1.54) is 0 Å².